The lowest BCUT2D eigenvalue weighted by molar-refractivity contribution is 0.231. The van der Waals surface area contributed by atoms with Crippen LogP contribution in [-0.2, 0) is 6.54 Å². The highest BCUT2D eigenvalue weighted by Gasteiger charge is 2.07. The first-order valence-electron chi connectivity index (χ1n) is 7.87. The minimum Gasteiger partial charge on any atom is -0.493 e. The predicted octanol–water partition coefficient (Wildman–Crippen LogP) is 2.98. The Hall–Kier alpha value is -1.26. The quantitative estimate of drug-likeness (QED) is 0.616. The van der Waals surface area contributed by atoms with Crippen LogP contribution in [0, 0.1) is 5.92 Å². The van der Waals surface area contributed by atoms with Gasteiger partial charge in [-0.05, 0) is 24.9 Å². The third-order valence-corrected chi connectivity index (χ3v) is 2.94. The van der Waals surface area contributed by atoms with E-state index in [0.717, 1.165) is 36.6 Å². The zero-order valence-electron chi connectivity index (χ0n) is 13.5. The van der Waals surface area contributed by atoms with Gasteiger partial charge in [-0.1, -0.05) is 26.8 Å². The molecule has 0 radical (unpaired) electrons. The molecular weight excluding hydrogens is 266 g/mol. The summed E-state index contributed by atoms with van der Waals surface area (Å²) in [5.41, 5.74) is 1.12. The van der Waals surface area contributed by atoms with Gasteiger partial charge in [-0.15, -0.1) is 0 Å². The van der Waals surface area contributed by atoms with Crippen LogP contribution in [0.2, 0.25) is 0 Å². The van der Waals surface area contributed by atoms with Crippen molar-refractivity contribution in [2.24, 2.45) is 5.92 Å². The Morgan fingerprint density at radius 3 is 2.67 bits per heavy atom. The molecule has 0 aliphatic carbocycles. The molecular formula is C17H29NO3. The van der Waals surface area contributed by atoms with E-state index in [1.807, 2.05) is 18.2 Å². The van der Waals surface area contributed by atoms with E-state index in [4.69, 9.17) is 14.6 Å². The Kier molecular flexibility index (Phi) is 8.87. The summed E-state index contributed by atoms with van der Waals surface area (Å²) in [7, 11) is 0. The molecule has 21 heavy (non-hydrogen) atoms. The van der Waals surface area contributed by atoms with Crippen LogP contribution in [0.1, 0.15) is 39.2 Å². The molecule has 2 N–H and O–H groups in total. The summed E-state index contributed by atoms with van der Waals surface area (Å²) >= 11 is 0. The molecule has 1 rings (SSSR count). The topological polar surface area (TPSA) is 50.7 Å². The molecule has 120 valence electrons. The highest BCUT2D eigenvalue weighted by atomic mass is 16.5. The fourth-order valence-corrected chi connectivity index (χ4v) is 1.87. The van der Waals surface area contributed by atoms with Crippen molar-refractivity contribution >= 4 is 0 Å². The Morgan fingerprint density at radius 1 is 1.19 bits per heavy atom. The van der Waals surface area contributed by atoms with Crippen molar-refractivity contribution in [1.82, 2.24) is 5.32 Å². The van der Waals surface area contributed by atoms with Crippen molar-refractivity contribution in [3.8, 4) is 11.5 Å². The second-order valence-corrected chi connectivity index (χ2v) is 5.57. The van der Waals surface area contributed by atoms with Crippen LogP contribution in [0.15, 0.2) is 18.2 Å². The molecule has 0 amide bonds. The molecule has 0 aliphatic rings. The van der Waals surface area contributed by atoms with E-state index in [-0.39, 0.29) is 6.61 Å². The van der Waals surface area contributed by atoms with E-state index in [9.17, 15) is 0 Å². The van der Waals surface area contributed by atoms with Crippen LogP contribution in [0.5, 0.6) is 11.5 Å². The molecule has 0 heterocycles. The molecule has 0 saturated heterocycles. The highest BCUT2D eigenvalue weighted by molar-refractivity contribution is 5.40. The van der Waals surface area contributed by atoms with Crippen molar-refractivity contribution in [3.05, 3.63) is 23.8 Å². The number of rotatable bonds is 11. The molecule has 4 heteroatoms. The lowest BCUT2D eigenvalue weighted by Gasteiger charge is -2.15. The number of hydrogen-bond donors (Lipinski definition) is 2. The Morgan fingerprint density at radius 2 is 2.00 bits per heavy atom. The van der Waals surface area contributed by atoms with Gasteiger partial charge < -0.3 is 19.9 Å². The maximum Gasteiger partial charge on any atom is 0.127 e. The first-order chi connectivity index (χ1) is 10.2. The van der Waals surface area contributed by atoms with Gasteiger partial charge in [0.25, 0.3) is 0 Å². The number of benzene rings is 1. The molecule has 0 bridgehead atoms. The molecule has 0 spiro atoms. The standard InChI is InChI=1S/C17H29NO3/c1-4-9-20-16-7-6-15(13-18-12-14(2)3)17(11-16)21-10-5-8-19/h6-7,11,14,18-19H,4-5,8-10,12-13H2,1-3H3. The van der Waals surface area contributed by atoms with Crippen molar-refractivity contribution in [2.75, 3.05) is 26.4 Å². The van der Waals surface area contributed by atoms with Crippen LogP contribution in [-0.4, -0.2) is 31.5 Å². The van der Waals surface area contributed by atoms with Gasteiger partial charge >= 0.3 is 0 Å². The number of nitrogens with one attached hydrogen (secondary N) is 1. The monoisotopic (exact) mass is 295 g/mol. The molecule has 1 aromatic rings. The lowest BCUT2D eigenvalue weighted by atomic mass is 10.1. The van der Waals surface area contributed by atoms with Crippen molar-refractivity contribution in [1.29, 1.82) is 0 Å². The van der Waals surface area contributed by atoms with Crippen LogP contribution in [0.4, 0.5) is 0 Å². The Labute approximate surface area is 128 Å². The Balaban J connectivity index is 2.68. The van der Waals surface area contributed by atoms with Gasteiger partial charge in [0.05, 0.1) is 13.2 Å². The smallest absolute Gasteiger partial charge is 0.127 e. The summed E-state index contributed by atoms with van der Waals surface area (Å²) in [6.07, 6.45) is 1.62. The average molecular weight is 295 g/mol. The van der Waals surface area contributed by atoms with Crippen LogP contribution in [0.25, 0.3) is 0 Å². The average Bonchev–Trinajstić information content (AvgIpc) is 2.46. The first-order valence-corrected chi connectivity index (χ1v) is 7.87. The van der Waals surface area contributed by atoms with Crippen molar-refractivity contribution in [2.45, 2.75) is 40.2 Å². The van der Waals surface area contributed by atoms with Crippen LogP contribution in [0.3, 0.4) is 0 Å². The summed E-state index contributed by atoms with van der Waals surface area (Å²) in [6.45, 7) is 9.59. The lowest BCUT2D eigenvalue weighted by Crippen LogP contribution is -2.19. The van der Waals surface area contributed by atoms with Gasteiger partial charge in [0.1, 0.15) is 11.5 Å². The molecule has 4 nitrogen and oxygen atoms in total. The van der Waals surface area contributed by atoms with E-state index in [1.54, 1.807) is 0 Å². The first kappa shape index (κ1) is 17.8. The van der Waals surface area contributed by atoms with E-state index in [2.05, 4.69) is 26.1 Å². The largest absolute Gasteiger partial charge is 0.493 e. The molecule has 0 atom stereocenters. The third-order valence-electron chi connectivity index (χ3n) is 2.94. The highest BCUT2D eigenvalue weighted by Crippen LogP contribution is 2.25. The molecule has 0 unspecified atom stereocenters. The van der Waals surface area contributed by atoms with Crippen molar-refractivity contribution < 1.29 is 14.6 Å². The summed E-state index contributed by atoms with van der Waals surface area (Å²) < 4.78 is 11.4. The molecule has 1 aromatic carbocycles. The second kappa shape index (κ2) is 10.5. The van der Waals surface area contributed by atoms with Gasteiger partial charge in [0.15, 0.2) is 0 Å². The normalized spacial score (nSPS) is 10.9. The van der Waals surface area contributed by atoms with Gasteiger partial charge in [0.2, 0.25) is 0 Å². The zero-order valence-corrected chi connectivity index (χ0v) is 13.5. The van der Waals surface area contributed by atoms with Gasteiger partial charge in [-0.2, -0.15) is 0 Å². The Bertz CT molecular complexity index is 394. The van der Waals surface area contributed by atoms with Crippen LogP contribution < -0.4 is 14.8 Å². The minimum absolute atomic E-state index is 0.146. The second-order valence-electron chi connectivity index (χ2n) is 5.57. The fourth-order valence-electron chi connectivity index (χ4n) is 1.87. The maximum atomic E-state index is 8.87. The van der Waals surface area contributed by atoms with Crippen LogP contribution >= 0.6 is 0 Å². The number of hydrogen-bond acceptors (Lipinski definition) is 4. The zero-order chi connectivity index (χ0) is 15.5. The summed E-state index contributed by atoms with van der Waals surface area (Å²) in [5.74, 6) is 2.30. The number of ether oxygens (including phenoxy) is 2. The van der Waals surface area contributed by atoms with Gasteiger partial charge in [-0.3, -0.25) is 0 Å². The van der Waals surface area contributed by atoms with Crippen molar-refractivity contribution in [3.63, 3.8) is 0 Å². The molecule has 0 aliphatic heterocycles. The third kappa shape index (κ3) is 7.34. The fraction of sp³-hybridized carbons (Fsp3) is 0.647. The number of aliphatic hydroxyl groups excluding tert-OH is 1. The minimum atomic E-state index is 0.146. The predicted molar refractivity (Wildman–Crippen MR) is 86.0 cm³/mol. The van der Waals surface area contributed by atoms with E-state index < -0.39 is 0 Å². The van der Waals surface area contributed by atoms with Gasteiger partial charge in [-0.25, -0.2) is 0 Å². The number of aliphatic hydroxyl groups is 1. The van der Waals surface area contributed by atoms with E-state index in [0.29, 0.717) is 25.6 Å². The molecule has 0 aromatic heterocycles. The summed E-state index contributed by atoms with van der Waals surface area (Å²) in [4.78, 5) is 0. The molecule has 0 saturated carbocycles. The molecule has 0 fully saturated rings. The van der Waals surface area contributed by atoms with E-state index in [1.165, 1.54) is 0 Å². The van der Waals surface area contributed by atoms with E-state index >= 15 is 0 Å². The van der Waals surface area contributed by atoms with Gasteiger partial charge in [0, 0.05) is 31.2 Å². The SMILES string of the molecule is CCCOc1ccc(CNCC(C)C)c(OCCCO)c1. The summed E-state index contributed by atoms with van der Waals surface area (Å²) in [5, 5.41) is 12.3. The maximum absolute atomic E-state index is 8.87. The summed E-state index contributed by atoms with van der Waals surface area (Å²) in [6, 6.07) is 5.98.